The van der Waals surface area contributed by atoms with E-state index in [1.165, 1.54) is 6.20 Å². The number of carbonyl (C=O) groups is 1. The molecule has 1 aromatic heterocycles. The molecule has 2 aromatic rings. The van der Waals surface area contributed by atoms with E-state index < -0.39 is 0 Å². The van der Waals surface area contributed by atoms with Crippen LogP contribution in [0.3, 0.4) is 0 Å². The predicted octanol–water partition coefficient (Wildman–Crippen LogP) is 2.31. The summed E-state index contributed by atoms with van der Waals surface area (Å²) in [7, 11) is 0. The van der Waals surface area contributed by atoms with Crippen LogP contribution < -0.4 is 5.32 Å². The molecule has 0 fully saturated rings. The second-order valence-corrected chi connectivity index (χ2v) is 5.92. The molecular formula is C15H19IN4O. The van der Waals surface area contributed by atoms with Gasteiger partial charge >= 0.3 is 0 Å². The summed E-state index contributed by atoms with van der Waals surface area (Å²) < 4.78 is 1.10. The van der Waals surface area contributed by atoms with E-state index in [1.807, 2.05) is 18.2 Å². The van der Waals surface area contributed by atoms with Crippen molar-refractivity contribution >= 4 is 39.5 Å². The van der Waals surface area contributed by atoms with E-state index in [1.54, 1.807) is 0 Å². The Balaban J connectivity index is 2.01. The number of carbonyl (C=O) groups excluding carboxylic acids is 1. The summed E-state index contributed by atoms with van der Waals surface area (Å²) in [6.07, 6.45) is 1.53. The number of nitrogens with zero attached hydrogens (tertiary/aromatic N) is 3. The van der Waals surface area contributed by atoms with Crippen LogP contribution in [0, 0.1) is 3.57 Å². The molecule has 5 nitrogen and oxygen atoms in total. The molecule has 2 rings (SSSR count). The standard InChI is InChI=1S/C15H19IN4O/c1-3-20(4-2)8-7-17-15(21)14-10-18-13-9-11(16)5-6-12(13)19-14/h5-6,9-10H,3-4,7-8H2,1-2H3,(H,17,21)/i16+4. The lowest BCUT2D eigenvalue weighted by atomic mass is 10.3. The molecule has 0 aliphatic carbocycles. The van der Waals surface area contributed by atoms with Gasteiger partial charge in [-0.15, -0.1) is 0 Å². The normalized spacial score (nSPS) is 11.0. The number of rotatable bonds is 6. The van der Waals surface area contributed by atoms with E-state index in [2.05, 4.69) is 56.6 Å². The van der Waals surface area contributed by atoms with Crippen LogP contribution in [-0.2, 0) is 0 Å². The van der Waals surface area contributed by atoms with Crippen LogP contribution in [0.25, 0.3) is 11.0 Å². The van der Waals surface area contributed by atoms with Crippen molar-refractivity contribution < 1.29 is 4.79 Å². The molecule has 0 spiro atoms. The molecule has 0 atom stereocenters. The van der Waals surface area contributed by atoms with Gasteiger partial charge in [-0.25, -0.2) is 4.98 Å². The van der Waals surface area contributed by atoms with Crippen LogP contribution >= 0.6 is 22.6 Å². The summed E-state index contributed by atoms with van der Waals surface area (Å²) in [5, 5.41) is 2.89. The lowest BCUT2D eigenvalue weighted by molar-refractivity contribution is 0.0944. The average Bonchev–Trinajstić information content (AvgIpc) is 2.50. The number of benzene rings is 1. The molecule has 0 aliphatic heterocycles. The van der Waals surface area contributed by atoms with Gasteiger partial charge in [-0.2, -0.15) is 0 Å². The second-order valence-electron chi connectivity index (χ2n) is 4.67. The smallest absolute Gasteiger partial charge is 0.271 e. The first-order chi connectivity index (χ1) is 10.1. The number of nitrogens with one attached hydrogen (secondary N) is 1. The summed E-state index contributed by atoms with van der Waals surface area (Å²) in [4.78, 5) is 23.0. The number of hydrogen-bond acceptors (Lipinski definition) is 4. The van der Waals surface area contributed by atoms with E-state index in [9.17, 15) is 4.79 Å². The Labute approximate surface area is 138 Å². The number of hydrogen-bond donors (Lipinski definition) is 1. The Morgan fingerprint density at radius 1 is 1.29 bits per heavy atom. The largest absolute Gasteiger partial charge is 0.349 e. The SMILES string of the molecule is CCN(CC)CCNC(=O)c1cnc2cc([131I])ccc2n1. The first-order valence-electron chi connectivity index (χ1n) is 7.07. The van der Waals surface area contributed by atoms with Gasteiger partial charge in [0.1, 0.15) is 5.69 Å². The van der Waals surface area contributed by atoms with Crippen molar-refractivity contribution in [2.24, 2.45) is 0 Å². The highest BCUT2D eigenvalue weighted by atomic mass is 131. The monoisotopic (exact) mass is 402 g/mol. The molecule has 6 heteroatoms. The maximum atomic E-state index is 12.1. The summed E-state index contributed by atoms with van der Waals surface area (Å²) >= 11 is 2.23. The molecule has 1 N–H and O–H groups in total. The zero-order valence-electron chi connectivity index (χ0n) is 12.3. The Hall–Kier alpha value is -1.28. The molecule has 0 radical (unpaired) electrons. The number of likely N-dealkylation sites (N-methyl/N-ethyl adjacent to an activating group) is 1. The van der Waals surface area contributed by atoms with Crippen molar-refractivity contribution in [3.8, 4) is 0 Å². The van der Waals surface area contributed by atoms with Crippen LogP contribution in [0.15, 0.2) is 24.4 Å². The molecule has 1 amide bonds. The highest BCUT2D eigenvalue weighted by molar-refractivity contribution is 14.1. The number of fused-ring (bicyclic) bond motifs is 1. The molecule has 0 saturated carbocycles. The number of aromatic nitrogens is 2. The molecule has 21 heavy (non-hydrogen) atoms. The van der Waals surface area contributed by atoms with Gasteiger partial charge < -0.3 is 10.2 Å². The van der Waals surface area contributed by atoms with Crippen LogP contribution in [0.2, 0.25) is 0 Å². The topological polar surface area (TPSA) is 58.1 Å². The van der Waals surface area contributed by atoms with Gasteiger partial charge in [0.15, 0.2) is 0 Å². The van der Waals surface area contributed by atoms with Crippen molar-refractivity contribution in [3.05, 3.63) is 33.7 Å². The zero-order valence-corrected chi connectivity index (χ0v) is 14.4. The molecule has 0 unspecified atom stereocenters. The predicted molar refractivity (Wildman–Crippen MR) is 92.4 cm³/mol. The van der Waals surface area contributed by atoms with Gasteiger partial charge in [-0.3, -0.25) is 9.78 Å². The van der Waals surface area contributed by atoms with Crippen molar-refractivity contribution in [3.63, 3.8) is 0 Å². The fourth-order valence-electron chi connectivity index (χ4n) is 2.05. The lowest BCUT2D eigenvalue weighted by Crippen LogP contribution is -2.35. The summed E-state index contributed by atoms with van der Waals surface area (Å²) in [6.45, 7) is 7.66. The molecule has 1 heterocycles. The van der Waals surface area contributed by atoms with Gasteiger partial charge in [-0.1, -0.05) is 13.8 Å². The minimum absolute atomic E-state index is 0.171. The molecular weight excluding hydrogens is 383 g/mol. The molecule has 1 aromatic carbocycles. The van der Waals surface area contributed by atoms with Gasteiger partial charge in [-0.05, 0) is 53.9 Å². The van der Waals surface area contributed by atoms with E-state index in [4.69, 9.17) is 0 Å². The second kappa shape index (κ2) is 7.65. The Bertz CT molecular complexity index is 628. The minimum Gasteiger partial charge on any atom is -0.349 e. The number of amides is 1. The van der Waals surface area contributed by atoms with Crippen LogP contribution in [-0.4, -0.2) is 47.0 Å². The summed E-state index contributed by atoms with van der Waals surface area (Å²) in [5.74, 6) is -0.171. The molecule has 112 valence electrons. The first-order valence-corrected chi connectivity index (χ1v) is 8.14. The highest BCUT2D eigenvalue weighted by Crippen LogP contribution is 2.13. The van der Waals surface area contributed by atoms with Gasteiger partial charge in [0.2, 0.25) is 0 Å². The third-order valence-electron chi connectivity index (χ3n) is 3.34. The quantitative estimate of drug-likeness (QED) is 0.754. The zero-order chi connectivity index (χ0) is 15.2. The molecule has 0 aliphatic rings. The lowest BCUT2D eigenvalue weighted by Gasteiger charge is -2.17. The van der Waals surface area contributed by atoms with Crippen LogP contribution in [0.1, 0.15) is 24.3 Å². The maximum Gasteiger partial charge on any atom is 0.271 e. The van der Waals surface area contributed by atoms with Crippen molar-refractivity contribution in [2.45, 2.75) is 13.8 Å². The van der Waals surface area contributed by atoms with Crippen molar-refractivity contribution in [1.82, 2.24) is 20.2 Å². The Morgan fingerprint density at radius 3 is 2.76 bits per heavy atom. The average molecular weight is 402 g/mol. The third kappa shape index (κ3) is 4.34. The fourth-order valence-corrected chi connectivity index (χ4v) is 2.53. The summed E-state index contributed by atoms with van der Waals surface area (Å²) in [5.41, 5.74) is 1.91. The first kappa shape index (κ1) is 16.1. The van der Waals surface area contributed by atoms with E-state index in [0.717, 1.165) is 34.2 Å². The molecule has 0 saturated heterocycles. The summed E-state index contributed by atoms with van der Waals surface area (Å²) in [6, 6.07) is 5.79. The minimum atomic E-state index is -0.171. The van der Waals surface area contributed by atoms with Gasteiger partial charge in [0, 0.05) is 16.7 Å². The number of halogens is 1. The van der Waals surface area contributed by atoms with Crippen LogP contribution in [0.4, 0.5) is 0 Å². The van der Waals surface area contributed by atoms with Crippen molar-refractivity contribution in [1.29, 1.82) is 0 Å². The maximum absolute atomic E-state index is 12.1. The van der Waals surface area contributed by atoms with E-state index >= 15 is 0 Å². The Kier molecular flexibility index (Phi) is 5.86. The Morgan fingerprint density at radius 2 is 2.05 bits per heavy atom. The molecule has 0 bridgehead atoms. The van der Waals surface area contributed by atoms with Gasteiger partial charge in [0.25, 0.3) is 5.91 Å². The van der Waals surface area contributed by atoms with E-state index in [-0.39, 0.29) is 5.91 Å². The van der Waals surface area contributed by atoms with Crippen molar-refractivity contribution in [2.75, 3.05) is 26.2 Å². The highest BCUT2D eigenvalue weighted by Gasteiger charge is 2.09. The van der Waals surface area contributed by atoms with Crippen LogP contribution in [0.5, 0.6) is 0 Å². The van der Waals surface area contributed by atoms with Gasteiger partial charge in [0.05, 0.1) is 17.2 Å². The third-order valence-corrected chi connectivity index (χ3v) is 4.02. The fraction of sp³-hybridized carbons (Fsp3) is 0.400. The van der Waals surface area contributed by atoms with E-state index in [0.29, 0.717) is 12.2 Å².